The van der Waals surface area contributed by atoms with Crippen molar-refractivity contribution in [3.63, 3.8) is 0 Å². The van der Waals surface area contributed by atoms with Crippen LogP contribution in [0.5, 0.6) is 5.75 Å². The minimum Gasteiger partial charge on any atom is -0.494 e. The van der Waals surface area contributed by atoms with Crippen LogP contribution >= 0.6 is 0 Å². The van der Waals surface area contributed by atoms with Gasteiger partial charge in [0.2, 0.25) is 5.91 Å². The minimum atomic E-state index is -0.327. The molecular weight excluding hydrogens is 242 g/mol. The molecule has 5 heteroatoms. The molecule has 1 aliphatic rings. The van der Waals surface area contributed by atoms with Crippen molar-refractivity contribution < 1.29 is 9.53 Å². The normalized spacial score (nSPS) is 19.2. The molecule has 19 heavy (non-hydrogen) atoms. The zero-order valence-electron chi connectivity index (χ0n) is 10.6. The number of nitrogens with zero attached hydrogens (tertiary/aromatic N) is 1. The lowest BCUT2D eigenvalue weighted by molar-refractivity contribution is -0.124. The number of piperazine rings is 1. The lowest BCUT2D eigenvalue weighted by atomic mass is 10.00. The van der Waals surface area contributed by atoms with Crippen LogP contribution < -0.4 is 15.4 Å². The average Bonchev–Trinajstić information content (AvgIpc) is 2.46. The molecular formula is C14H15N3O2. The van der Waals surface area contributed by atoms with E-state index in [2.05, 4.69) is 15.6 Å². The highest BCUT2D eigenvalue weighted by Gasteiger charge is 2.25. The summed E-state index contributed by atoms with van der Waals surface area (Å²) in [5, 5.41) is 7.05. The molecule has 1 atom stereocenters. The monoisotopic (exact) mass is 257 g/mol. The number of ether oxygens (including phenoxy) is 1. The molecule has 0 bridgehead atoms. The molecule has 3 rings (SSSR count). The van der Waals surface area contributed by atoms with Gasteiger partial charge < -0.3 is 15.4 Å². The summed E-state index contributed by atoms with van der Waals surface area (Å²) >= 11 is 0. The molecule has 5 nitrogen and oxygen atoms in total. The van der Waals surface area contributed by atoms with E-state index in [4.69, 9.17) is 4.74 Å². The van der Waals surface area contributed by atoms with Crippen molar-refractivity contribution in [2.75, 3.05) is 20.2 Å². The first-order chi connectivity index (χ1) is 9.31. The fraction of sp³-hybridized carbons (Fsp3) is 0.286. The number of nitrogens with one attached hydrogen (secondary N) is 2. The van der Waals surface area contributed by atoms with Crippen LogP contribution in [0.3, 0.4) is 0 Å². The second-order valence-electron chi connectivity index (χ2n) is 4.43. The molecule has 1 saturated heterocycles. The highest BCUT2D eigenvalue weighted by atomic mass is 16.5. The van der Waals surface area contributed by atoms with E-state index in [-0.39, 0.29) is 11.9 Å². The second kappa shape index (κ2) is 4.85. The lowest BCUT2D eigenvalue weighted by Crippen LogP contribution is -2.47. The maximum atomic E-state index is 12.0. The largest absolute Gasteiger partial charge is 0.494 e. The first-order valence-corrected chi connectivity index (χ1v) is 6.24. The van der Waals surface area contributed by atoms with Crippen molar-refractivity contribution in [2.24, 2.45) is 0 Å². The first-order valence-electron chi connectivity index (χ1n) is 6.24. The van der Waals surface area contributed by atoms with Crippen LogP contribution in [0.2, 0.25) is 0 Å². The van der Waals surface area contributed by atoms with Gasteiger partial charge in [-0.1, -0.05) is 12.1 Å². The number of pyridine rings is 1. The maximum Gasteiger partial charge on any atom is 0.241 e. The van der Waals surface area contributed by atoms with Crippen molar-refractivity contribution in [3.8, 4) is 5.75 Å². The van der Waals surface area contributed by atoms with E-state index in [0.717, 1.165) is 28.8 Å². The summed E-state index contributed by atoms with van der Waals surface area (Å²) in [6.07, 6.45) is 1.71. The predicted molar refractivity (Wildman–Crippen MR) is 72.0 cm³/mol. The fourth-order valence-electron chi connectivity index (χ4n) is 2.43. The Hall–Kier alpha value is -2.14. The van der Waals surface area contributed by atoms with Gasteiger partial charge >= 0.3 is 0 Å². The Balaban J connectivity index is 2.16. The van der Waals surface area contributed by atoms with Gasteiger partial charge in [0.1, 0.15) is 17.3 Å². The highest BCUT2D eigenvalue weighted by Crippen LogP contribution is 2.29. The molecule has 98 valence electrons. The quantitative estimate of drug-likeness (QED) is 0.842. The van der Waals surface area contributed by atoms with Crippen LogP contribution in [0.4, 0.5) is 0 Å². The van der Waals surface area contributed by atoms with Crippen LogP contribution in [-0.2, 0) is 4.79 Å². The molecule has 1 fully saturated rings. The summed E-state index contributed by atoms with van der Waals surface area (Å²) in [6.45, 7) is 1.44. The number of fused-ring (bicyclic) bond motifs is 1. The number of rotatable bonds is 2. The number of para-hydroxylation sites is 1. The number of amides is 1. The molecule has 1 unspecified atom stereocenters. The molecule has 2 N–H and O–H groups in total. The topological polar surface area (TPSA) is 63.2 Å². The molecule has 1 amide bonds. The second-order valence-corrected chi connectivity index (χ2v) is 4.43. The van der Waals surface area contributed by atoms with Crippen molar-refractivity contribution in [1.82, 2.24) is 15.6 Å². The van der Waals surface area contributed by atoms with Gasteiger partial charge in [-0.25, -0.2) is 0 Å². The number of hydrogen-bond acceptors (Lipinski definition) is 4. The minimum absolute atomic E-state index is 0.00145. The molecule has 2 aromatic rings. The van der Waals surface area contributed by atoms with Gasteiger partial charge in [0.15, 0.2) is 0 Å². The molecule has 2 heterocycles. The summed E-state index contributed by atoms with van der Waals surface area (Å²) in [4.78, 5) is 16.3. The van der Waals surface area contributed by atoms with Crippen molar-refractivity contribution in [1.29, 1.82) is 0 Å². The summed E-state index contributed by atoms with van der Waals surface area (Å²) in [5.41, 5.74) is 1.71. The van der Waals surface area contributed by atoms with Crippen molar-refractivity contribution in [3.05, 3.63) is 36.0 Å². The van der Waals surface area contributed by atoms with Gasteiger partial charge in [0.25, 0.3) is 0 Å². The van der Waals surface area contributed by atoms with Crippen LogP contribution in [0.1, 0.15) is 11.6 Å². The number of hydrogen-bond donors (Lipinski definition) is 2. The molecule has 0 aliphatic carbocycles. The number of methoxy groups -OCH3 is 1. The Morgan fingerprint density at radius 1 is 1.32 bits per heavy atom. The zero-order chi connectivity index (χ0) is 13.2. The highest BCUT2D eigenvalue weighted by molar-refractivity contribution is 5.93. The van der Waals surface area contributed by atoms with Crippen LogP contribution in [0, 0.1) is 0 Å². The summed E-state index contributed by atoms with van der Waals surface area (Å²) < 4.78 is 5.31. The Morgan fingerprint density at radius 2 is 2.21 bits per heavy atom. The third-order valence-corrected chi connectivity index (χ3v) is 3.33. The molecule has 0 spiro atoms. The smallest absolute Gasteiger partial charge is 0.241 e. The number of aromatic nitrogens is 1. The van der Waals surface area contributed by atoms with Gasteiger partial charge in [-0.15, -0.1) is 0 Å². The third-order valence-electron chi connectivity index (χ3n) is 3.33. The van der Waals surface area contributed by atoms with E-state index in [1.165, 1.54) is 0 Å². The lowest BCUT2D eigenvalue weighted by Gasteiger charge is -2.24. The van der Waals surface area contributed by atoms with Gasteiger partial charge in [0.05, 0.1) is 7.11 Å². The van der Waals surface area contributed by atoms with E-state index in [0.29, 0.717) is 6.54 Å². The zero-order valence-corrected chi connectivity index (χ0v) is 10.6. The van der Waals surface area contributed by atoms with E-state index in [1.54, 1.807) is 13.3 Å². The molecule has 0 saturated carbocycles. The van der Waals surface area contributed by atoms with Gasteiger partial charge in [-0.3, -0.25) is 9.78 Å². The summed E-state index contributed by atoms with van der Waals surface area (Å²) in [6, 6.07) is 7.29. The van der Waals surface area contributed by atoms with Crippen LogP contribution in [0.15, 0.2) is 30.5 Å². The third kappa shape index (κ3) is 2.02. The average molecular weight is 257 g/mol. The molecule has 1 aromatic heterocycles. The number of benzene rings is 1. The summed E-state index contributed by atoms with van der Waals surface area (Å²) in [7, 11) is 1.62. The number of carbonyl (C=O) groups excluding carboxylic acids is 1. The molecule has 1 aliphatic heterocycles. The standard InChI is InChI=1S/C14H15N3O2/c1-19-11-4-2-3-9-10(5-6-15-12(9)11)13-14(18)17-8-7-16-13/h2-6,13,16H,7-8H2,1H3,(H,17,18). The Morgan fingerprint density at radius 3 is 3.00 bits per heavy atom. The van der Waals surface area contributed by atoms with Crippen LogP contribution in [0.25, 0.3) is 10.9 Å². The molecule has 0 radical (unpaired) electrons. The van der Waals surface area contributed by atoms with Gasteiger partial charge in [0, 0.05) is 24.7 Å². The van der Waals surface area contributed by atoms with E-state index >= 15 is 0 Å². The fourth-order valence-corrected chi connectivity index (χ4v) is 2.43. The molecule has 1 aromatic carbocycles. The SMILES string of the molecule is COc1cccc2c(C3NCCNC3=O)ccnc12. The van der Waals surface area contributed by atoms with Crippen molar-refractivity contribution in [2.45, 2.75) is 6.04 Å². The van der Waals surface area contributed by atoms with Gasteiger partial charge in [-0.2, -0.15) is 0 Å². The Kier molecular flexibility index (Phi) is 3.05. The van der Waals surface area contributed by atoms with E-state index in [9.17, 15) is 4.79 Å². The summed E-state index contributed by atoms with van der Waals surface area (Å²) in [5.74, 6) is 0.720. The van der Waals surface area contributed by atoms with E-state index in [1.807, 2.05) is 24.3 Å². The van der Waals surface area contributed by atoms with Gasteiger partial charge in [-0.05, 0) is 17.7 Å². The predicted octanol–water partition coefficient (Wildman–Crippen LogP) is 1.00. The number of carbonyl (C=O) groups is 1. The maximum absolute atomic E-state index is 12.0. The van der Waals surface area contributed by atoms with E-state index < -0.39 is 0 Å². The van der Waals surface area contributed by atoms with Crippen molar-refractivity contribution >= 4 is 16.8 Å². The Bertz CT molecular complexity index is 627. The first kappa shape index (κ1) is 11.9. The Labute approximate surface area is 111 Å². The van der Waals surface area contributed by atoms with Crippen LogP contribution in [-0.4, -0.2) is 31.1 Å².